The summed E-state index contributed by atoms with van der Waals surface area (Å²) < 4.78 is 10.6. The zero-order valence-electron chi connectivity index (χ0n) is 12.4. The van der Waals surface area contributed by atoms with E-state index in [4.69, 9.17) is 9.26 Å². The van der Waals surface area contributed by atoms with Gasteiger partial charge in [0.2, 0.25) is 0 Å². The Morgan fingerprint density at radius 2 is 2.33 bits per heavy atom. The van der Waals surface area contributed by atoms with Crippen molar-refractivity contribution in [2.24, 2.45) is 0 Å². The largest absolute Gasteiger partial charge is 0.497 e. The first-order chi connectivity index (χ1) is 10.3. The van der Waals surface area contributed by atoms with Crippen LogP contribution in [0.4, 0.5) is 0 Å². The van der Waals surface area contributed by atoms with E-state index in [1.54, 1.807) is 7.11 Å². The highest BCUT2D eigenvalue weighted by atomic mass is 32.2. The van der Waals surface area contributed by atoms with Gasteiger partial charge in [-0.1, -0.05) is 5.16 Å². The van der Waals surface area contributed by atoms with Crippen LogP contribution in [-0.4, -0.2) is 18.0 Å². The number of aryl methyl sites for hydroxylation is 1. The van der Waals surface area contributed by atoms with Gasteiger partial charge in [0.1, 0.15) is 5.75 Å². The smallest absolute Gasteiger partial charge is 0.150 e. The van der Waals surface area contributed by atoms with E-state index < -0.39 is 0 Å². The van der Waals surface area contributed by atoms with Crippen LogP contribution in [0, 0.1) is 6.92 Å². The Labute approximate surface area is 129 Å². The SMILES string of the molecule is COc1ccc2c(c1)C(NCc1cc(C)no1)CCCS2. The van der Waals surface area contributed by atoms with E-state index in [1.807, 2.05) is 30.8 Å². The Bertz CT molecular complexity index is 612. The molecule has 1 aromatic heterocycles. The normalized spacial score (nSPS) is 18.1. The molecule has 0 bridgehead atoms. The monoisotopic (exact) mass is 304 g/mol. The maximum atomic E-state index is 5.37. The number of nitrogens with zero attached hydrogens (tertiary/aromatic N) is 1. The lowest BCUT2D eigenvalue weighted by atomic mass is 10.0. The molecule has 0 amide bonds. The lowest BCUT2D eigenvalue weighted by Gasteiger charge is -2.19. The van der Waals surface area contributed by atoms with Gasteiger partial charge in [-0.05, 0) is 49.3 Å². The van der Waals surface area contributed by atoms with Gasteiger partial charge in [0.15, 0.2) is 5.76 Å². The Morgan fingerprint density at radius 3 is 3.10 bits per heavy atom. The number of rotatable bonds is 4. The van der Waals surface area contributed by atoms with E-state index in [2.05, 4.69) is 22.6 Å². The van der Waals surface area contributed by atoms with Crippen molar-refractivity contribution in [1.29, 1.82) is 0 Å². The number of hydrogen-bond donors (Lipinski definition) is 1. The number of fused-ring (bicyclic) bond motifs is 1. The van der Waals surface area contributed by atoms with Gasteiger partial charge >= 0.3 is 0 Å². The minimum Gasteiger partial charge on any atom is -0.497 e. The third-order valence-electron chi connectivity index (χ3n) is 3.69. The maximum Gasteiger partial charge on any atom is 0.150 e. The molecule has 0 spiro atoms. The summed E-state index contributed by atoms with van der Waals surface area (Å²) in [6.07, 6.45) is 2.33. The molecule has 1 atom stereocenters. The summed E-state index contributed by atoms with van der Waals surface area (Å²) in [7, 11) is 1.71. The molecule has 1 N–H and O–H groups in total. The van der Waals surface area contributed by atoms with Crippen LogP contribution in [0.5, 0.6) is 5.75 Å². The molecule has 21 heavy (non-hydrogen) atoms. The lowest BCUT2D eigenvalue weighted by molar-refractivity contribution is 0.356. The van der Waals surface area contributed by atoms with Crippen LogP contribution in [0.25, 0.3) is 0 Å². The molecule has 2 aromatic rings. The molecule has 5 heteroatoms. The lowest BCUT2D eigenvalue weighted by Crippen LogP contribution is -2.20. The van der Waals surface area contributed by atoms with E-state index in [0.29, 0.717) is 12.6 Å². The number of ether oxygens (including phenoxy) is 1. The molecule has 1 aliphatic rings. The number of aromatic nitrogens is 1. The van der Waals surface area contributed by atoms with E-state index in [1.165, 1.54) is 22.6 Å². The molecule has 1 unspecified atom stereocenters. The Balaban J connectivity index is 1.78. The molecule has 0 saturated carbocycles. The number of nitrogens with one attached hydrogen (secondary N) is 1. The fourth-order valence-corrected chi connectivity index (χ4v) is 3.68. The average molecular weight is 304 g/mol. The molecule has 2 heterocycles. The second-order valence-electron chi connectivity index (χ2n) is 5.26. The summed E-state index contributed by atoms with van der Waals surface area (Å²) in [6, 6.07) is 8.66. The van der Waals surface area contributed by atoms with Gasteiger partial charge in [-0.3, -0.25) is 0 Å². The van der Waals surface area contributed by atoms with E-state index in [0.717, 1.165) is 23.6 Å². The van der Waals surface area contributed by atoms with Crippen molar-refractivity contribution >= 4 is 11.8 Å². The van der Waals surface area contributed by atoms with Crippen LogP contribution >= 0.6 is 11.8 Å². The van der Waals surface area contributed by atoms with Gasteiger partial charge in [-0.2, -0.15) is 0 Å². The third kappa shape index (κ3) is 3.41. The second-order valence-corrected chi connectivity index (χ2v) is 6.40. The van der Waals surface area contributed by atoms with Gasteiger partial charge in [0.25, 0.3) is 0 Å². The highest BCUT2D eigenvalue weighted by Crippen LogP contribution is 2.36. The van der Waals surface area contributed by atoms with Gasteiger partial charge in [0, 0.05) is 17.0 Å². The Kier molecular flexibility index (Phi) is 4.51. The number of benzene rings is 1. The zero-order chi connectivity index (χ0) is 14.7. The first kappa shape index (κ1) is 14.5. The standard InChI is InChI=1S/C16H20N2O2S/c1-11-8-13(20-18-11)10-17-15-4-3-7-21-16-6-5-12(19-2)9-14(15)16/h5-6,8-9,15,17H,3-4,7,10H2,1-2H3. The minimum atomic E-state index is 0.329. The summed E-state index contributed by atoms with van der Waals surface area (Å²) in [5.74, 6) is 2.96. The molecular formula is C16H20N2O2S. The predicted molar refractivity (Wildman–Crippen MR) is 83.8 cm³/mol. The maximum absolute atomic E-state index is 5.37. The molecule has 1 aliphatic heterocycles. The number of thioether (sulfide) groups is 1. The summed E-state index contributed by atoms with van der Waals surface area (Å²) in [5.41, 5.74) is 2.25. The molecule has 0 saturated heterocycles. The fraction of sp³-hybridized carbons (Fsp3) is 0.438. The predicted octanol–water partition coefficient (Wildman–Crippen LogP) is 3.71. The van der Waals surface area contributed by atoms with Crippen LogP contribution in [0.3, 0.4) is 0 Å². The van der Waals surface area contributed by atoms with E-state index in [-0.39, 0.29) is 0 Å². The van der Waals surface area contributed by atoms with Crippen LogP contribution in [0.2, 0.25) is 0 Å². The summed E-state index contributed by atoms with van der Waals surface area (Å²) in [6.45, 7) is 2.64. The molecule has 0 radical (unpaired) electrons. The molecule has 0 fully saturated rings. The summed E-state index contributed by atoms with van der Waals surface area (Å²) in [5, 5.41) is 7.53. The summed E-state index contributed by atoms with van der Waals surface area (Å²) in [4.78, 5) is 1.35. The van der Waals surface area contributed by atoms with Crippen molar-refractivity contribution in [1.82, 2.24) is 10.5 Å². The average Bonchev–Trinajstić information content (AvgIpc) is 2.81. The quantitative estimate of drug-likeness (QED) is 0.933. The third-order valence-corrected chi connectivity index (χ3v) is 4.86. The highest BCUT2D eigenvalue weighted by molar-refractivity contribution is 7.99. The van der Waals surface area contributed by atoms with E-state index in [9.17, 15) is 0 Å². The van der Waals surface area contributed by atoms with Crippen LogP contribution < -0.4 is 10.1 Å². The molecule has 0 aliphatic carbocycles. The van der Waals surface area contributed by atoms with Crippen molar-refractivity contribution in [2.45, 2.75) is 37.2 Å². The topological polar surface area (TPSA) is 47.3 Å². The molecule has 4 nitrogen and oxygen atoms in total. The van der Waals surface area contributed by atoms with Crippen LogP contribution in [0.15, 0.2) is 33.7 Å². The van der Waals surface area contributed by atoms with E-state index >= 15 is 0 Å². The van der Waals surface area contributed by atoms with Crippen molar-refractivity contribution in [3.05, 3.63) is 41.3 Å². The molecular weight excluding hydrogens is 284 g/mol. The van der Waals surface area contributed by atoms with Crippen molar-refractivity contribution in [3.63, 3.8) is 0 Å². The fourth-order valence-electron chi connectivity index (χ4n) is 2.62. The van der Waals surface area contributed by atoms with Gasteiger partial charge in [-0.25, -0.2) is 0 Å². The first-order valence-corrected chi connectivity index (χ1v) is 8.21. The highest BCUT2D eigenvalue weighted by Gasteiger charge is 2.20. The molecule has 3 rings (SSSR count). The van der Waals surface area contributed by atoms with Gasteiger partial charge in [0.05, 0.1) is 19.3 Å². The van der Waals surface area contributed by atoms with Gasteiger partial charge < -0.3 is 14.6 Å². The minimum absolute atomic E-state index is 0.329. The first-order valence-electron chi connectivity index (χ1n) is 7.22. The molecule has 1 aromatic carbocycles. The Morgan fingerprint density at radius 1 is 1.43 bits per heavy atom. The van der Waals surface area contributed by atoms with Crippen molar-refractivity contribution < 1.29 is 9.26 Å². The van der Waals surface area contributed by atoms with Crippen molar-refractivity contribution in [2.75, 3.05) is 12.9 Å². The Hall–Kier alpha value is -1.46. The van der Waals surface area contributed by atoms with Crippen LogP contribution in [-0.2, 0) is 6.54 Å². The second kappa shape index (κ2) is 6.54. The van der Waals surface area contributed by atoms with Crippen LogP contribution in [0.1, 0.15) is 35.9 Å². The van der Waals surface area contributed by atoms with Crippen molar-refractivity contribution in [3.8, 4) is 5.75 Å². The zero-order valence-corrected chi connectivity index (χ0v) is 13.2. The summed E-state index contributed by atoms with van der Waals surface area (Å²) >= 11 is 1.93. The van der Waals surface area contributed by atoms with Gasteiger partial charge in [-0.15, -0.1) is 11.8 Å². The number of hydrogen-bond acceptors (Lipinski definition) is 5. The molecule has 112 valence electrons. The number of methoxy groups -OCH3 is 1.